The highest BCUT2D eigenvalue weighted by Crippen LogP contribution is 2.39. The Labute approximate surface area is 255 Å². The molecule has 0 saturated heterocycles. The maximum absolute atomic E-state index is 13.2. The fourth-order valence-electron chi connectivity index (χ4n) is 4.43. The van der Waals surface area contributed by atoms with Gasteiger partial charge in [0, 0.05) is 4.88 Å². The SMILES string of the molecule is CCOC(=O)c1c(NC(=O)C(=O)NN=Cc2cc(Br)c(OCc3ccc(F)cc3)c(OCC)c2)sc2c1CCCCC2. The van der Waals surface area contributed by atoms with E-state index in [2.05, 4.69) is 31.8 Å². The van der Waals surface area contributed by atoms with Crippen LogP contribution in [0.5, 0.6) is 11.5 Å². The predicted octanol–water partition coefficient (Wildman–Crippen LogP) is 6.16. The number of nitrogens with one attached hydrogen (secondary N) is 2. The topological polar surface area (TPSA) is 115 Å². The summed E-state index contributed by atoms with van der Waals surface area (Å²) in [5.74, 6) is -1.89. The molecule has 0 spiro atoms. The quantitative estimate of drug-likeness (QED) is 0.0885. The lowest BCUT2D eigenvalue weighted by Gasteiger charge is -2.14. The summed E-state index contributed by atoms with van der Waals surface area (Å²) in [6, 6.07) is 9.38. The summed E-state index contributed by atoms with van der Waals surface area (Å²) >= 11 is 4.79. The van der Waals surface area contributed by atoms with Crippen molar-refractivity contribution >= 4 is 56.3 Å². The molecule has 2 N–H and O–H groups in total. The van der Waals surface area contributed by atoms with Gasteiger partial charge in [-0.05, 0) is 96.4 Å². The number of carbonyl (C=O) groups is 3. The van der Waals surface area contributed by atoms with Gasteiger partial charge in [-0.15, -0.1) is 11.3 Å². The first-order chi connectivity index (χ1) is 20.3. The molecule has 0 radical (unpaired) electrons. The molecule has 1 heterocycles. The van der Waals surface area contributed by atoms with E-state index >= 15 is 0 Å². The van der Waals surface area contributed by atoms with Gasteiger partial charge in [-0.25, -0.2) is 14.6 Å². The van der Waals surface area contributed by atoms with Crippen LogP contribution in [0.4, 0.5) is 9.39 Å². The van der Waals surface area contributed by atoms with E-state index in [-0.39, 0.29) is 19.0 Å². The predicted molar refractivity (Wildman–Crippen MR) is 162 cm³/mol. The molecule has 12 heteroatoms. The van der Waals surface area contributed by atoms with Gasteiger partial charge < -0.3 is 19.5 Å². The van der Waals surface area contributed by atoms with E-state index < -0.39 is 17.8 Å². The first-order valence-electron chi connectivity index (χ1n) is 13.6. The Hall–Kier alpha value is -3.77. The Bertz CT molecular complexity index is 1470. The van der Waals surface area contributed by atoms with E-state index in [0.29, 0.717) is 38.7 Å². The third kappa shape index (κ3) is 7.95. The molecule has 0 aliphatic heterocycles. The van der Waals surface area contributed by atoms with Crippen molar-refractivity contribution in [3.8, 4) is 11.5 Å². The number of anilines is 1. The number of carbonyl (C=O) groups excluding carboxylic acids is 3. The van der Waals surface area contributed by atoms with E-state index in [1.807, 2.05) is 6.92 Å². The molecule has 222 valence electrons. The van der Waals surface area contributed by atoms with Gasteiger partial charge >= 0.3 is 17.8 Å². The lowest BCUT2D eigenvalue weighted by atomic mass is 10.1. The van der Waals surface area contributed by atoms with Gasteiger partial charge in [-0.1, -0.05) is 18.6 Å². The van der Waals surface area contributed by atoms with Crippen molar-refractivity contribution in [2.24, 2.45) is 5.10 Å². The van der Waals surface area contributed by atoms with E-state index in [4.69, 9.17) is 14.2 Å². The number of rotatable bonds is 10. The van der Waals surface area contributed by atoms with Crippen molar-refractivity contribution in [1.29, 1.82) is 0 Å². The van der Waals surface area contributed by atoms with Crippen LogP contribution in [0.15, 0.2) is 46.0 Å². The van der Waals surface area contributed by atoms with Crippen molar-refractivity contribution < 1.29 is 33.0 Å². The van der Waals surface area contributed by atoms with E-state index in [1.54, 1.807) is 31.2 Å². The fourth-order valence-corrected chi connectivity index (χ4v) is 6.27. The number of nitrogens with zero attached hydrogens (tertiary/aromatic N) is 1. The van der Waals surface area contributed by atoms with Gasteiger partial charge in [0.1, 0.15) is 17.4 Å². The molecule has 1 aliphatic carbocycles. The van der Waals surface area contributed by atoms with Gasteiger partial charge in [0.15, 0.2) is 11.5 Å². The third-order valence-corrected chi connectivity index (χ3v) is 8.14. The molecule has 2 amide bonds. The first kappa shape index (κ1) is 31.2. The van der Waals surface area contributed by atoms with Crippen molar-refractivity contribution in [1.82, 2.24) is 5.43 Å². The van der Waals surface area contributed by atoms with Crippen molar-refractivity contribution in [3.63, 3.8) is 0 Å². The van der Waals surface area contributed by atoms with Crippen LogP contribution in [-0.2, 0) is 33.8 Å². The van der Waals surface area contributed by atoms with E-state index in [0.717, 1.165) is 48.1 Å². The average molecular weight is 661 g/mol. The minimum Gasteiger partial charge on any atom is -0.490 e. The van der Waals surface area contributed by atoms with Crippen LogP contribution < -0.4 is 20.2 Å². The molecule has 9 nitrogen and oxygen atoms in total. The van der Waals surface area contributed by atoms with Crippen LogP contribution in [0.25, 0.3) is 0 Å². The van der Waals surface area contributed by atoms with Crippen LogP contribution in [0.2, 0.25) is 0 Å². The number of halogens is 2. The molecule has 0 saturated carbocycles. The number of hydrogen-bond acceptors (Lipinski definition) is 8. The molecule has 0 fully saturated rings. The highest BCUT2D eigenvalue weighted by Gasteiger charge is 2.28. The molecule has 1 aliphatic rings. The Balaban J connectivity index is 1.42. The van der Waals surface area contributed by atoms with Gasteiger partial charge in [0.05, 0.1) is 29.5 Å². The number of amides is 2. The maximum Gasteiger partial charge on any atom is 0.341 e. The lowest BCUT2D eigenvalue weighted by Crippen LogP contribution is -2.32. The Morgan fingerprint density at radius 2 is 1.79 bits per heavy atom. The molecule has 0 atom stereocenters. The highest BCUT2D eigenvalue weighted by atomic mass is 79.9. The third-order valence-electron chi connectivity index (χ3n) is 6.34. The monoisotopic (exact) mass is 659 g/mol. The zero-order valence-electron chi connectivity index (χ0n) is 23.3. The minimum absolute atomic E-state index is 0.197. The van der Waals surface area contributed by atoms with Crippen LogP contribution in [0, 0.1) is 5.82 Å². The van der Waals surface area contributed by atoms with Crippen LogP contribution in [-0.4, -0.2) is 37.2 Å². The molecule has 42 heavy (non-hydrogen) atoms. The fraction of sp³-hybridized carbons (Fsp3) is 0.333. The van der Waals surface area contributed by atoms with E-state index in [1.165, 1.54) is 29.7 Å². The lowest BCUT2D eigenvalue weighted by molar-refractivity contribution is -0.136. The number of thiophene rings is 1. The zero-order chi connectivity index (χ0) is 30.1. The summed E-state index contributed by atoms with van der Waals surface area (Å²) in [6.45, 7) is 4.32. The Kier molecular flexibility index (Phi) is 11.1. The van der Waals surface area contributed by atoms with Gasteiger partial charge in [-0.3, -0.25) is 9.59 Å². The molecule has 4 rings (SSSR count). The average Bonchev–Trinajstić information content (AvgIpc) is 3.13. The molecule has 3 aromatic rings. The van der Waals surface area contributed by atoms with Crippen molar-refractivity contribution in [2.45, 2.75) is 52.6 Å². The number of benzene rings is 2. The Morgan fingerprint density at radius 1 is 1.02 bits per heavy atom. The molecule has 2 aromatic carbocycles. The van der Waals surface area contributed by atoms with E-state index in [9.17, 15) is 18.8 Å². The van der Waals surface area contributed by atoms with Gasteiger partial charge in [0.25, 0.3) is 0 Å². The summed E-state index contributed by atoms with van der Waals surface area (Å²) in [6.07, 6.45) is 5.91. The van der Waals surface area contributed by atoms with Crippen LogP contribution in [0.1, 0.15) is 65.0 Å². The van der Waals surface area contributed by atoms with Gasteiger partial charge in [-0.2, -0.15) is 5.10 Å². The van der Waals surface area contributed by atoms with Crippen LogP contribution in [0.3, 0.4) is 0 Å². The van der Waals surface area contributed by atoms with Crippen molar-refractivity contribution in [2.75, 3.05) is 18.5 Å². The molecule has 0 bridgehead atoms. The minimum atomic E-state index is -0.993. The number of aryl methyl sites for hydroxylation is 1. The second-order valence-electron chi connectivity index (χ2n) is 9.32. The summed E-state index contributed by atoms with van der Waals surface area (Å²) in [4.78, 5) is 39.0. The maximum atomic E-state index is 13.2. The largest absolute Gasteiger partial charge is 0.490 e. The van der Waals surface area contributed by atoms with Crippen LogP contribution >= 0.6 is 27.3 Å². The molecule has 1 aromatic heterocycles. The number of fused-ring (bicyclic) bond motifs is 1. The second kappa shape index (κ2) is 14.9. The summed E-state index contributed by atoms with van der Waals surface area (Å²) < 4.78 is 30.6. The van der Waals surface area contributed by atoms with Crippen molar-refractivity contribution in [3.05, 3.63) is 73.8 Å². The number of hydrogen-bond donors (Lipinski definition) is 2. The van der Waals surface area contributed by atoms with Gasteiger partial charge in [0.2, 0.25) is 0 Å². The number of hydrazone groups is 1. The smallest absolute Gasteiger partial charge is 0.341 e. The summed E-state index contributed by atoms with van der Waals surface area (Å²) in [5.41, 5.74) is 4.79. The normalized spacial score (nSPS) is 12.8. The number of ether oxygens (including phenoxy) is 3. The highest BCUT2D eigenvalue weighted by molar-refractivity contribution is 9.10. The number of esters is 1. The summed E-state index contributed by atoms with van der Waals surface area (Å²) in [5, 5.41) is 6.80. The zero-order valence-corrected chi connectivity index (χ0v) is 25.7. The second-order valence-corrected chi connectivity index (χ2v) is 11.3. The Morgan fingerprint density at radius 3 is 2.52 bits per heavy atom. The summed E-state index contributed by atoms with van der Waals surface area (Å²) in [7, 11) is 0. The molecular weight excluding hydrogens is 629 g/mol. The molecule has 0 unspecified atom stereocenters. The standard InChI is InChI=1S/C30H31BrFN3O6S/c1-3-39-23-15-19(14-22(31)26(23)41-17-18-10-12-20(32)13-11-18)16-33-35-28(37)27(36)34-29-25(30(38)40-4-2)21-8-6-5-7-9-24(21)42-29/h10-16H,3-9,17H2,1-2H3,(H,34,36)(H,35,37). The first-order valence-corrected chi connectivity index (χ1v) is 15.2. The molecular formula is C30H31BrFN3O6S.